The largest absolute Gasteiger partial charge is 0.352 e. The lowest BCUT2D eigenvalue weighted by Gasteiger charge is -2.04. The highest BCUT2D eigenvalue weighted by Crippen LogP contribution is 1.98. The molecule has 23 heavy (non-hydrogen) atoms. The van der Waals surface area contributed by atoms with Gasteiger partial charge < -0.3 is 5.32 Å². The van der Waals surface area contributed by atoms with Crippen molar-refractivity contribution in [2.45, 2.75) is 19.4 Å². The smallest absolute Gasteiger partial charge is 0.240 e. The first kappa shape index (κ1) is 16.4. The van der Waals surface area contributed by atoms with Crippen LogP contribution in [0.1, 0.15) is 24.0 Å². The van der Waals surface area contributed by atoms with E-state index in [1.54, 1.807) is 6.21 Å². The molecule has 0 spiro atoms. The van der Waals surface area contributed by atoms with E-state index in [-0.39, 0.29) is 24.7 Å². The highest BCUT2D eigenvalue weighted by atomic mass is 16.2. The minimum absolute atomic E-state index is 0.104. The standard InChI is InChI=1S/C18H19N3O2/c22-17(19-13-15-7-3-1-4-8-15)11-12-18(23)21-20-14-16-9-5-2-6-10-16/h1-10,14H,11-13H2,(H,19,22)(H,21,23). The summed E-state index contributed by atoms with van der Waals surface area (Å²) in [6, 6.07) is 19.1. The molecule has 2 aromatic rings. The lowest BCUT2D eigenvalue weighted by atomic mass is 10.2. The number of hydrazone groups is 1. The molecule has 2 rings (SSSR count). The van der Waals surface area contributed by atoms with Gasteiger partial charge in [0.2, 0.25) is 11.8 Å². The van der Waals surface area contributed by atoms with Crippen molar-refractivity contribution in [3.63, 3.8) is 0 Å². The van der Waals surface area contributed by atoms with Gasteiger partial charge in [-0.05, 0) is 11.1 Å². The zero-order chi connectivity index (χ0) is 16.3. The van der Waals surface area contributed by atoms with Crippen LogP contribution in [0.2, 0.25) is 0 Å². The minimum Gasteiger partial charge on any atom is -0.352 e. The van der Waals surface area contributed by atoms with E-state index in [1.807, 2.05) is 60.7 Å². The molecule has 0 aliphatic carbocycles. The SMILES string of the molecule is O=C(CCC(=O)NN=Cc1ccccc1)NCc1ccccc1. The summed E-state index contributed by atoms with van der Waals surface area (Å²) < 4.78 is 0. The Morgan fingerprint density at radius 3 is 2.17 bits per heavy atom. The molecule has 118 valence electrons. The van der Waals surface area contributed by atoms with Crippen LogP contribution < -0.4 is 10.7 Å². The molecule has 0 aliphatic rings. The molecular weight excluding hydrogens is 290 g/mol. The van der Waals surface area contributed by atoms with Gasteiger partial charge in [0.1, 0.15) is 0 Å². The van der Waals surface area contributed by atoms with Crippen molar-refractivity contribution in [3.8, 4) is 0 Å². The molecule has 5 nitrogen and oxygen atoms in total. The monoisotopic (exact) mass is 309 g/mol. The van der Waals surface area contributed by atoms with Crippen LogP contribution in [-0.2, 0) is 16.1 Å². The van der Waals surface area contributed by atoms with Crippen LogP contribution in [0.25, 0.3) is 0 Å². The number of amides is 2. The molecule has 2 N–H and O–H groups in total. The molecule has 0 unspecified atom stereocenters. The topological polar surface area (TPSA) is 70.6 Å². The number of carbonyl (C=O) groups is 2. The maximum Gasteiger partial charge on any atom is 0.240 e. The van der Waals surface area contributed by atoms with Crippen molar-refractivity contribution in [2.24, 2.45) is 5.10 Å². The van der Waals surface area contributed by atoms with Gasteiger partial charge in [-0.2, -0.15) is 5.10 Å². The van der Waals surface area contributed by atoms with Crippen LogP contribution in [-0.4, -0.2) is 18.0 Å². The second kappa shape index (κ2) is 9.15. The summed E-state index contributed by atoms with van der Waals surface area (Å²) in [6.45, 7) is 0.466. The molecule has 0 bridgehead atoms. The average Bonchev–Trinajstić information content (AvgIpc) is 2.60. The summed E-state index contributed by atoms with van der Waals surface area (Å²) in [4.78, 5) is 23.3. The first-order chi connectivity index (χ1) is 11.2. The second-order valence-electron chi connectivity index (χ2n) is 4.97. The Labute approximate surface area is 135 Å². The first-order valence-electron chi connectivity index (χ1n) is 7.41. The fourth-order valence-corrected chi connectivity index (χ4v) is 1.89. The Kier molecular flexibility index (Phi) is 6.53. The third-order valence-corrected chi connectivity index (χ3v) is 3.11. The molecule has 0 aliphatic heterocycles. The normalized spacial score (nSPS) is 10.4. The molecule has 0 atom stereocenters. The molecule has 2 aromatic carbocycles. The summed E-state index contributed by atoms with van der Waals surface area (Å²) >= 11 is 0. The lowest BCUT2D eigenvalue weighted by Crippen LogP contribution is -2.25. The van der Waals surface area contributed by atoms with E-state index < -0.39 is 0 Å². The van der Waals surface area contributed by atoms with E-state index >= 15 is 0 Å². The van der Waals surface area contributed by atoms with E-state index in [0.29, 0.717) is 6.54 Å². The predicted octanol–water partition coefficient (Wildman–Crippen LogP) is 2.23. The van der Waals surface area contributed by atoms with Crippen molar-refractivity contribution < 1.29 is 9.59 Å². The zero-order valence-corrected chi connectivity index (χ0v) is 12.7. The van der Waals surface area contributed by atoms with Gasteiger partial charge in [-0.15, -0.1) is 0 Å². The molecule has 0 fully saturated rings. The van der Waals surface area contributed by atoms with Crippen LogP contribution in [0.5, 0.6) is 0 Å². The Bertz CT molecular complexity index is 654. The number of nitrogens with one attached hydrogen (secondary N) is 2. The van der Waals surface area contributed by atoms with Crippen molar-refractivity contribution in [1.82, 2.24) is 10.7 Å². The maximum atomic E-state index is 11.7. The number of benzene rings is 2. The molecule has 0 saturated carbocycles. The van der Waals surface area contributed by atoms with Gasteiger partial charge in [0.15, 0.2) is 0 Å². The van der Waals surface area contributed by atoms with Gasteiger partial charge in [0.05, 0.1) is 6.21 Å². The van der Waals surface area contributed by atoms with Crippen LogP contribution in [0.15, 0.2) is 65.8 Å². The van der Waals surface area contributed by atoms with Crippen LogP contribution >= 0.6 is 0 Å². The van der Waals surface area contributed by atoms with Crippen molar-refractivity contribution in [2.75, 3.05) is 0 Å². The third kappa shape index (κ3) is 6.56. The number of hydrogen-bond donors (Lipinski definition) is 2. The highest BCUT2D eigenvalue weighted by Gasteiger charge is 2.05. The number of carbonyl (C=O) groups excluding carboxylic acids is 2. The van der Waals surface area contributed by atoms with E-state index in [1.165, 1.54) is 0 Å². The van der Waals surface area contributed by atoms with Crippen LogP contribution in [0, 0.1) is 0 Å². The molecule has 0 heterocycles. The molecule has 2 amide bonds. The number of rotatable bonds is 7. The van der Waals surface area contributed by atoms with Crippen molar-refractivity contribution in [3.05, 3.63) is 71.8 Å². The van der Waals surface area contributed by atoms with E-state index in [0.717, 1.165) is 11.1 Å². The van der Waals surface area contributed by atoms with Crippen molar-refractivity contribution >= 4 is 18.0 Å². The molecule has 5 heteroatoms. The summed E-state index contributed by atoms with van der Waals surface area (Å²) in [5, 5.41) is 6.64. The quantitative estimate of drug-likeness (QED) is 0.608. The second-order valence-corrected chi connectivity index (χ2v) is 4.97. The summed E-state index contributed by atoms with van der Waals surface area (Å²) in [5.74, 6) is -0.442. The van der Waals surface area contributed by atoms with Gasteiger partial charge >= 0.3 is 0 Å². The van der Waals surface area contributed by atoms with Gasteiger partial charge in [-0.3, -0.25) is 9.59 Å². The first-order valence-corrected chi connectivity index (χ1v) is 7.41. The molecule has 0 aromatic heterocycles. The Morgan fingerprint density at radius 2 is 1.48 bits per heavy atom. The van der Waals surface area contributed by atoms with E-state index in [9.17, 15) is 9.59 Å². The number of nitrogens with zero attached hydrogens (tertiary/aromatic N) is 1. The molecule has 0 saturated heterocycles. The fraction of sp³-hybridized carbons (Fsp3) is 0.167. The van der Waals surface area contributed by atoms with Gasteiger partial charge in [0.25, 0.3) is 0 Å². The van der Waals surface area contributed by atoms with Gasteiger partial charge in [-0.25, -0.2) is 5.43 Å². The Balaban J connectivity index is 1.64. The minimum atomic E-state index is -0.285. The van der Waals surface area contributed by atoms with Crippen molar-refractivity contribution in [1.29, 1.82) is 0 Å². The highest BCUT2D eigenvalue weighted by molar-refractivity contribution is 5.85. The van der Waals surface area contributed by atoms with E-state index in [4.69, 9.17) is 0 Å². The Hall–Kier alpha value is -2.95. The zero-order valence-electron chi connectivity index (χ0n) is 12.7. The molecular formula is C18H19N3O2. The van der Waals surface area contributed by atoms with E-state index in [2.05, 4.69) is 15.8 Å². The lowest BCUT2D eigenvalue weighted by molar-refractivity contribution is -0.126. The maximum absolute atomic E-state index is 11.7. The summed E-state index contributed by atoms with van der Waals surface area (Å²) in [6.07, 6.45) is 1.81. The van der Waals surface area contributed by atoms with Gasteiger partial charge in [-0.1, -0.05) is 60.7 Å². The van der Waals surface area contributed by atoms with Crippen LogP contribution in [0.4, 0.5) is 0 Å². The average molecular weight is 309 g/mol. The summed E-state index contributed by atoms with van der Waals surface area (Å²) in [5.41, 5.74) is 4.33. The fourth-order valence-electron chi connectivity index (χ4n) is 1.89. The van der Waals surface area contributed by atoms with Gasteiger partial charge in [0, 0.05) is 19.4 Å². The molecule has 0 radical (unpaired) electrons. The van der Waals surface area contributed by atoms with Crippen LogP contribution in [0.3, 0.4) is 0 Å². The summed E-state index contributed by atoms with van der Waals surface area (Å²) in [7, 11) is 0. The number of hydrogen-bond acceptors (Lipinski definition) is 3. The predicted molar refractivity (Wildman–Crippen MR) is 89.7 cm³/mol. The Morgan fingerprint density at radius 1 is 0.870 bits per heavy atom. The third-order valence-electron chi connectivity index (χ3n) is 3.11.